The molecule has 0 saturated carbocycles. The number of hydrogen-bond acceptors (Lipinski definition) is 6. The number of hydrogen-bond donors (Lipinski definition) is 1. The van der Waals surface area contributed by atoms with Crippen LogP contribution in [0.15, 0.2) is 71.8 Å². The van der Waals surface area contributed by atoms with Gasteiger partial charge in [0.15, 0.2) is 0 Å². The van der Waals surface area contributed by atoms with Crippen molar-refractivity contribution in [2.24, 2.45) is 0 Å². The number of imide groups is 1. The molecule has 1 aliphatic heterocycles. The van der Waals surface area contributed by atoms with E-state index in [4.69, 9.17) is 0 Å². The molecule has 3 amide bonds. The molecule has 2 aromatic carbocycles. The molecule has 1 N–H and O–H groups in total. The summed E-state index contributed by atoms with van der Waals surface area (Å²) in [6, 6.07) is 19.0. The highest BCUT2D eigenvalue weighted by molar-refractivity contribution is 8.18. The fraction of sp³-hybridized carbons (Fsp3) is 0.0909. The number of thiazole rings is 1. The van der Waals surface area contributed by atoms with Crippen molar-refractivity contribution in [1.82, 2.24) is 15.2 Å². The third-order valence-corrected chi connectivity index (χ3v) is 6.29. The highest BCUT2D eigenvalue weighted by atomic mass is 32.2. The van der Waals surface area contributed by atoms with Crippen LogP contribution in [-0.4, -0.2) is 40.0 Å². The van der Waals surface area contributed by atoms with Crippen LogP contribution in [0.25, 0.3) is 16.6 Å². The number of nitrogens with zero attached hydrogens (tertiary/aromatic N) is 2. The molecular formula is C22H17N3O3S2. The molecule has 2 heterocycles. The van der Waals surface area contributed by atoms with Crippen molar-refractivity contribution in [1.29, 1.82) is 0 Å². The first kappa shape index (κ1) is 20.1. The molecule has 1 fully saturated rings. The highest BCUT2D eigenvalue weighted by Gasteiger charge is 2.34. The molecule has 1 aliphatic rings. The Balaban J connectivity index is 1.33. The minimum absolute atomic E-state index is 0.118. The van der Waals surface area contributed by atoms with E-state index in [1.807, 2.05) is 60.7 Å². The Morgan fingerprint density at radius 2 is 1.73 bits per heavy atom. The summed E-state index contributed by atoms with van der Waals surface area (Å²) in [6.45, 7) is 0.293. The molecule has 1 aromatic heterocycles. The molecule has 150 valence electrons. The van der Waals surface area contributed by atoms with Gasteiger partial charge in [0.25, 0.3) is 17.1 Å². The molecule has 30 heavy (non-hydrogen) atoms. The summed E-state index contributed by atoms with van der Waals surface area (Å²) in [6.07, 6.45) is 3.23. The van der Waals surface area contributed by atoms with Gasteiger partial charge in [-0.1, -0.05) is 60.7 Å². The van der Waals surface area contributed by atoms with Crippen LogP contribution in [0, 0.1) is 0 Å². The molecule has 6 nitrogen and oxygen atoms in total. The van der Waals surface area contributed by atoms with E-state index in [-0.39, 0.29) is 30.1 Å². The van der Waals surface area contributed by atoms with Crippen LogP contribution < -0.4 is 5.32 Å². The van der Waals surface area contributed by atoms with E-state index in [1.165, 1.54) is 17.5 Å². The molecule has 0 aliphatic carbocycles. The standard InChI is InChI=1S/C22H17N3O3S2/c26-19(18-14-24-20(29-18)16-9-5-2-6-10-16)23-11-12-25-21(27)17(30-22(25)28)13-15-7-3-1-4-8-15/h1-10,13-14H,11-12H2,(H,23,26)/b17-13-. The Hall–Kier alpha value is -3.23. The molecule has 0 spiro atoms. The summed E-state index contributed by atoms with van der Waals surface area (Å²) in [5, 5.41) is 3.18. The average Bonchev–Trinajstić information content (AvgIpc) is 3.36. The van der Waals surface area contributed by atoms with Gasteiger partial charge in [0.1, 0.15) is 9.88 Å². The van der Waals surface area contributed by atoms with Gasteiger partial charge in [-0.2, -0.15) is 0 Å². The Labute approximate surface area is 181 Å². The van der Waals surface area contributed by atoms with Crippen molar-refractivity contribution >= 4 is 46.2 Å². The van der Waals surface area contributed by atoms with Crippen molar-refractivity contribution in [2.45, 2.75) is 0 Å². The minimum atomic E-state index is -0.341. The van der Waals surface area contributed by atoms with E-state index in [1.54, 1.807) is 6.08 Å². The molecule has 0 unspecified atom stereocenters. The first-order valence-corrected chi connectivity index (χ1v) is 10.8. The predicted octanol–water partition coefficient (Wildman–Crippen LogP) is 4.28. The minimum Gasteiger partial charge on any atom is -0.349 e. The lowest BCUT2D eigenvalue weighted by Gasteiger charge is -2.12. The van der Waals surface area contributed by atoms with Gasteiger partial charge in [-0.05, 0) is 23.4 Å². The summed E-state index contributed by atoms with van der Waals surface area (Å²) >= 11 is 2.21. The molecule has 0 atom stereocenters. The zero-order valence-electron chi connectivity index (χ0n) is 15.8. The normalized spacial score (nSPS) is 15.1. The van der Waals surface area contributed by atoms with E-state index in [9.17, 15) is 14.4 Å². The summed E-state index contributed by atoms with van der Waals surface area (Å²) in [5.74, 6) is -0.617. The van der Waals surface area contributed by atoms with Crippen molar-refractivity contribution < 1.29 is 14.4 Å². The lowest BCUT2D eigenvalue weighted by atomic mass is 10.2. The number of benzene rings is 2. The van der Waals surface area contributed by atoms with E-state index in [2.05, 4.69) is 10.3 Å². The summed E-state index contributed by atoms with van der Waals surface area (Å²) < 4.78 is 0. The maximum Gasteiger partial charge on any atom is 0.293 e. The predicted molar refractivity (Wildman–Crippen MR) is 119 cm³/mol. The van der Waals surface area contributed by atoms with Crippen molar-refractivity contribution in [3.8, 4) is 10.6 Å². The van der Waals surface area contributed by atoms with Gasteiger partial charge in [0, 0.05) is 18.7 Å². The highest BCUT2D eigenvalue weighted by Crippen LogP contribution is 2.31. The lowest BCUT2D eigenvalue weighted by Crippen LogP contribution is -2.37. The zero-order chi connectivity index (χ0) is 20.9. The molecule has 0 bridgehead atoms. The maximum absolute atomic E-state index is 12.5. The van der Waals surface area contributed by atoms with E-state index >= 15 is 0 Å². The number of amides is 3. The number of carbonyl (C=O) groups excluding carboxylic acids is 3. The third-order valence-electron chi connectivity index (χ3n) is 4.34. The van der Waals surface area contributed by atoms with E-state index in [0.29, 0.717) is 9.78 Å². The van der Waals surface area contributed by atoms with Gasteiger partial charge in [-0.3, -0.25) is 19.3 Å². The number of aromatic nitrogens is 1. The number of rotatable bonds is 6. The molecule has 1 saturated heterocycles. The van der Waals surface area contributed by atoms with Crippen LogP contribution in [0.2, 0.25) is 0 Å². The number of nitrogens with one attached hydrogen (secondary N) is 1. The Morgan fingerprint density at radius 3 is 2.47 bits per heavy atom. The zero-order valence-corrected chi connectivity index (χ0v) is 17.4. The second-order valence-corrected chi connectivity index (χ2v) is 8.42. The first-order valence-electron chi connectivity index (χ1n) is 9.22. The lowest BCUT2D eigenvalue weighted by molar-refractivity contribution is -0.122. The van der Waals surface area contributed by atoms with Gasteiger partial charge in [0.2, 0.25) is 0 Å². The number of thioether (sulfide) groups is 1. The SMILES string of the molecule is O=C(NCCN1C(=O)S/C(=C\c2ccccc2)C1=O)c1cnc(-c2ccccc2)s1. The topological polar surface area (TPSA) is 79.4 Å². The van der Waals surface area contributed by atoms with Gasteiger partial charge in [-0.15, -0.1) is 11.3 Å². The van der Waals surface area contributed by atoms with Gasteiger partial charge >= 0.3 is 0 Å². The summed E-state index contributed by atoms with van der Waals surface area (Å²) in [5.41, 5.74) is 1.81. The smallest absolute Gasteiger partial charge is 0.293 e. The van der Waals surface area contributed by atoms with Crippen LogP contribution in [0.1, 0.15) is 15.2 Å². The fourth-order valence-electron chi connectivity index (χ4n) is 2.86. The molecule has 3 aromatic rings. The van der Waals surface area contributed by atoms with Crippen LogP contribution in [0.5, 0.6) is 0 Å². The third kappa shape index (κ3) is 4.50. The molecular weight excluding hydrogens is 418 g/mol. The Morgan fingerprint density at radius 1 is 1.03 bits per heavy atom. The second kappa shape index (κ2) is 9.06. The Kier molecular flexibility index (Phi) is 6.06. The van der Waals surface area contributed by atoms with Crippen molar-refractivity contribution in [2.75, 3.05) is 13.1 Å². The molecule has 8 heteroatoms. The monoisotopic (exact) mass is 435 g/mol. The fourth-order valence-corrected chi connectivity index (χ4v) is 4.56. The van der Waals surface area contributed by atoms with Gasteiger partial charge in [-0.25, -0.2) is 4.98 Å². The van der Waals surface area contributed by atoms with Crippen LogP contribution in [0.4, 0.5) is 4.79 Å². The average molecular weight is 436 g/mol. The first-order chi connectivity index (χ1) is 14.6. The van der Waals surface area contributed by atoms with Gasteiger partial charge in [0.05, 0.1) is 11.1 Å². The largest absolute Gasteiger partial charge is 0.349 e. The van der Waals surface area contributed by atoms with E-state index in [0.717, 1.165) is 32.8 Å². The van der Waals surface area contributed by atoms with E-state index < -0.39 is 0 Å². The quantitative estimate of drug-likeness (QED) is 0.585. The Bertz CT molecular complexity index is 1110. The van der Waals surface area contributed by atoms with Crippen LogP contribution in [0.3, 0.4) is 0 Å². The molecule has 0 radical (unpaired) electrons. The van der Waals surface area contributed by atoms with Crippen LogP contribution in [-0.2, 0) is 4.79 Å². The second-order valence-electron chi connectivity index (χ2n) is 6.40. The molecule has 4 rings (SSSR count). The summed E-state index contributed by atoms with van der Waals surface area (Å²) in [7, 11) is 0. The van der Waals surface area contributed by atoms with Crippen molar-refractivity contribution in [3.63, 3.8) is 0 Å². The maximum atomic E-state index is 12.5. The number of carbonyl (C=O) groups is 3. The van der Waals surface area contributed by atoms with Crippen molar-refractivity contribution in [3.05, 3.63) is 82.2 Å². The van der Waals surface area contributed by atoms with Crippen LogP contribution >= 0.6 is 23.1 Å². The summed E-state index contributed by atoms with van der Waals surface area (Å²) in [4.78, 5) is 43.4. The van der Waals surface area contributed by atoms with Gasteiger partial charge < -0.3 is 5.32 Å².